The Morgan fingerprint density at radius 1 is 1.27 bits per heavy atom. The van der Waals surface area contributed by atoms with Gasteiger partial charge in [0.25, 0.3) is 0 Å². The van der Waals surface area contributed by atoms with Crippen molar-refractivity contribution in [2.75, 3.05) is 18.7 Å². The van der Waals surface area contributed by atoms with Gasteiger partial charge in [-0.1, -0.05) is 56.2 Å². The normalized spacial score (nSPS) is 21.6. The predicted molar refractivity (Wildman–Crippen MR) is 137 cm³/mol. The van der Waals surface area contributed by atoms with Crippen molar-refractivity contribution in [3.8, 4) is 0 Å². The van der Waals surface area contributed by atoms with Crippen LogP contribution in [0.4, 0.5) is 0 Å². The summed E-state index contributed by atoms with van der Waals surface area (Å²) in [5.74, 6) is 1.50. The zero-order valence-corrected chi connectivity index (χ0v) is 21.0. The topological polar surface area (TPSA) is 24.1 Å². The molecule has 1 aromatic carbocycles. The van der Waals surface area contributed by atoms with E-state index in [0.29, 0.717) is 23.2 Å². The Balaban J connectivity index is 1.67. The first kappa shape index (κ1) is 25.6. The van der Waals surface area contributed by atoms with Crippen molar-refractivity contribution >= 4 is 23.4 Å². The molecule has 4 atom stereocenters. The molecule has 0 amide bonds. The number of hydrogen-bond acceptors (Lipinski definition) is 3. The monoisotopic (exact) mass is 450 g/mol. The second-order valence-corrected chi connectivity index (χ2v) is 10.7. The van der Waals surface area contributed by atoms with Crippen LogP contribution in [0.1, 0.15) is 69.4 Å². The van der Waals surface area contributed by atoms with E-state index in [9.17, 15) is 0 Å². The fourth-order valence-corrected chi connectivity index (χ4v) is 5.03. The Morgan fingerprint density at radius 2 is 2.10 bits per heavy atom. The Bertz CT molecular complexity index is 621. The summed E-state index contributed by atoms with van der Waals surface area (Å²) in [5.41, 5.74) is 4.00. The smallest absolute Gasteiger partial charge is 0.0463 e. The molecule has 0 saturated carbocycles. The maximum Gasteiger partial charge on any atom is 0.0463 e. The molecular weight excluding hydrogens is 408 g/mol. The summed E-state index contributed by atoms with van der Waals surface area (Å²) in [7, 11) is 0. The van der Waals surface area contributed by atoms with Crippen LogP contribution >= 0.6 is 23.4 Å². The molecule has 1 aliphatic rings. The molecule has 2 nitrogen and oxygen atoms in total. The third kappa shape index (κ3) is 9.66. The van der Waals surface area contributed by atoms with E-state index < -0.39 is 0 Å². The van der Waals surface area contributed by atoms with Gasteiger partial charge in [-0.25, -0.2) is 0 Å². The number of hydrogen-bond donors (Lipinski definition) is 2. The number of rotatable bonds is 13. The van der Waals surface area contributed by atoms with Crippen LogP contribution in [0, 0.1) is 12.8 Å². The van der Waals surface area contributed by atoms with E-state index in [1.807, 2.05) is 11.8 Å². The highest BCUT2D eigenvalue weighted by Gasteiger charge is 2.21. The number of alkyl halides is 1. The van der Waals surface area contributed by atoms with Crippen molar-refractivity contribution in [2.45, 2.75) is 89.0 Å². The molecule has 1 saturated heterocycles. The van der Waals surface area contributed by atoms with E-state index in [4.69, 9.17) is 11.6 Å². The Hall–Kier alpha value is -0.640. The lowest BCUT2D eigenvalue weighted by Crippen LogP contribution is -2.40. The standard InChI is InChI=1S/C26H43ClN2S/c1-20-8-7-11-24(18-20)10-6-5-9-23-13-15-26(28-17-16-23)22(3)29-25(19-27)14-12-21(2)30-4/h7-8,11,18,21,23,25-26,28-29H,3,5-6,9-10,12-17,19H2,1-2,4H3. The molecule has 1 fully saturated rings. The quantitative estimate of drug-likeness (QED) is 0.258. The molecule has 30 heavy (non-hydrogen) atoms. The van der Waals surface area contributed by atoms with Crippen LogP contribution in [0.5, 0.6) is 0 Å². The molecule has 1 heterocycles. The molecule has 0 aliphatic carbocycles. The number of aryl methyl sites for hydroxylation is 2. The summed E-state index contributed by atoms with van der Waals surface area (Å²) >= 11 is 8.15. The van der Waals surface area contributed by atoms with Gasteiger partial charge in [-0.05, 0) is 76.2 Å². The lowest BCUT2D eigenvalue weighted by atomic mass is 9.92. The Kier molecular flexibility index (Phi) is 12.3. The second kappa shape index (κ2) is 14.4. The van der Waals surface area contributed by atoms with Crippen LogP contribution in [0.15, 0.2) is 36.5 Å². The number of thioether (sulfide) groups is 1. The maximum atomic E-state index is 6.23. The molecule has 170 valence electrons. The lowest BCUT2D eigenvalue weighted by molar-refractivity contribution is 0.414. The first-order valence-corrected chi connectivity index (χ1v) is 13.7. The highest BCUT2D eigenvalue weighted by Crippen LogP contribution is 2.24. The van der Waals surface area contributed by atoms with Gasteiger partial charge in [0, 0.05) is 28.9 Å². The minimum absolute atomic E-state index is 0.330. The number of unbranched alkanes of at least 4 members (excludes halogenated alkanes) is 1. The van der Waals surface area contributed by atoms with Gasteiger partial charge >= 0.3 is 0 Å². The minimum atomic E-state index is 0.330. The molecule has 4 unspecified atom stereocenters. The summed E-state index contributed by atoms with van der Waals surface area (Å²) in [6, 6.07) is 9.67. The number of nitrogens with one attached hydrogen (secondary N) is 2. The van der Waals surface area contributed by atoms with Crippen molar-refractivity contribution in [2.24, 2.45) is 5.92 Å². The van der Waals surface area contributed by atoms with Gasteiger partial charge in [0.1, 0.15) is 0 Å². The Morgan fingerprint density at radius 3 is 2.83 bits per heavy atom. The maximum absolute atomic E-state index is 6.23. The van der Waals surface area contributed by atoms with E-state index in [1.54, 1.807) is 0 Å². The van der Waals surface area contributed by atoms with Gasteiger partial charge in [-0.15, -0.1) is 11.6 Å². The average molecular weight is 451 g/mol. The second-order valence-electron chi connectivity index (χ2n) is 9.12. The van der Waals surface area contributed by atoms with E-state index in [2.05, 4.69) is 61.6 Å². The van der Waals surface area contributed by atoms with Crippen molar-refractivity contribution < 1.29 is 0 Å². The SMILES string of the molecule is C=C(NC(CCl)CCC(C)SC)C1CCC(CCCCc2cccc(C)c2)CCN1. The fourth-order valence-electron chi connectivity index (χ4n) is 4.43. The van der Waals surface area contributed by atoms with E-state index in [-0.39, 0.29) is 0 Å². The third-order valence-corrected chi connectivity index (χ3v) is 7.95. The highest BCUT2D eigenvalue weighted by atomic mass is 35.5. The highest BCUT2D eigenvalue weighted by molar-refractivity contribution is 7.99. The molecule has 0 bridgehead atoms. The minimum Gasteiger partial charge on any atom is -0.384 e. The number of benzene rings is 1. The average Bonchev–Trinajstić information content (AvgIpc) is 2.99. The van der Waals surface area contributed by atoms with Crippen LogP contribution in [0.25, 0.3) is 0 Å². The van der Waals surface area contributed by atoms with Crippen molar-refractivity contribution in [3.63, 3.8) is 0 Å². The summed E-state index contributed by atoms with van der Waals surface area (Å²) in [4.78, 5) is 0. The molecule has 0 aromatic heterocycles. The lowest BCUT2D eigenvalue weighted by Gasteiger charge is -2.26. The summed E-state index contributed by atoms with van der Waals surface area (Å²) in [6.07, 6.45) is 13.5. The van der Waals surface area contributed by atoms with Gasteiger partial charge in [-0.2, -0.15) is 11.8 Å². The molecule has 1 aliphatic heterocycles. The van der Waals surface area contributed by atoms with Crippen molar-refractivity contribution in [3.05, 3.63) is 47.7 Å². The van der Waals surface area contributed by atoms with Gasteiger partial charge in [0.15, 0.2) is 0 Å². The first-order valence-electron chi connectivity index (χ1n) is 11.8. The molecular formula is C26H43ClN2S. The summed E-state index contributed by atoms with van der Waals surface area (Å²) in [5, 5.41) is 8.05. The van der Waals surface area contributed by atoms with Crippen LogP contribution < -0.4 is 10.6 Å². The zero-order valence-electron chi connectivity index (χ0n) is 19.4. The Labute approximate surface area is 195 Å². The van der Waals surface area contributed by atoms with Gasteiger partial charge in [0.05, 0.1) is 0 Å². The van der Waals surface area contributed by atoms with Crippen molar-refractivity contribution in [1.82, 2.24) is 10.6 Å². The van der Waals surface area contributed by atoms with Gasteiger partial charge in [-0.3, -0.25) is 0 Å². The molecule has 4 heteroatoms. The van der Waals surface area contributed by atoms with Crippen LogP contribution in [-0.2, 0) is 6.42 Å². The van der Waals surface area contributed by atoms with E-state index in [0.717, 1.165) is 24.6 Å². The first-order chi connectivity index (χ1) is 14.5. The van der Waals surface area contributed by atoms with Crippen LogP contribution in [-0.4, -0.2) is 36.0 Å². The van der Waals surface area contributed by atoms with Crippen molar-refractivity contribution in [1.29, 1.82) is 0 Å². The molecule has 2 rings (SSSR count). The molecule has 0 spiro atoms. The summed E-state index contributed by atoms with van der Waals surface area (Å²) in [6.45, 7) is 9.93. The largest absolute Gasteiger partial charge is 0.384 e. The van der Waals surface area contributed by atoms with E-state index >= 15 is 0 Å². The van der Waals surface area contributed by atoms with Gasteiger partial charge in [0.2, 0.25) is 0 Å². The molecule has 2 N–H and O–H groups in total. The molecule has 0 radical (unpaired) electrons. The third-order valence-electron chi connectivity index (χ3n) is 6.54. The molecule has 1 aromatic rings. The predicted octanol–water partition coefficient (Wildman–Crippen LogP) is 6.71. The zero-order chi connectivity index (χ0) is 21.8. The summed E-state index contributed by atoms with van der Waals surface area (Å²) < 4.78 is 0. The fraction of sp³-hybridized carbons (Fsp3) is 0.692. The van der Waals surface area contributed by atoms with E-state index in [1.165, 1.54) is 62.5 Å². The van der Waals surface area contributed by atoms with Gasteiger partial charge < -0.3 is 10.6 Å². The van der Waals surface area contributed by atoms with Crippen LogP contribution in [0.2, 0.25) is 0 Å². The number of halogens is 1. The van der Waals surface area contributed by atoms with Crippen LogP contribution in [0.3, 0.4) is 0 Å².